The van der Waals surface area contributed by atoms with E-state index in [1.165, 1.54) is 11.1 Å². The quantitative estimate of drug-likeness (QED) is 0.551. The Hall–Kier alpha value is -2.73. The summed E-state index contributed by atoms with van der Waals surface area (Å²) in [5, 5.41) is 6.59. The molecule has 2 aromatic carbocycles. The molecule has 0 fully saturated rings. The van der Waals surface area contributed by atoms with Crippen LogP contribution < -0.4 is 20.1 Å². The van der Waals surface area contributed by atoms with Crippen molar-refractivity contribution in [1.29, 1.82) is 0 Å². The van der Waals surface area contributed by atoms with Gasteiger partial charge in [-0.25, -0.2) is 4.99 Å². The molecule has 2 N–H and O–H groups in total. The Labute approximate surface area is 162 Å². The first-order chi connectivity index (χ1) is 13.0. The van der Waals surface area contributed by atoms with Crippen LogP contribution in [-0.2, 0) is 13.1 Å². The summed E-state index contributed by atoms with van der Waals surface area (Å²) in [4.78, 5) is 6.86. The van der Waals surface area contributed by atoms with Crippen molar-refractivity contribution in [3.05, 3.63) is 53.6 Å². The van der Waals surface area contributed by atoms with Crippen LogP contribution in [0.2, 0.25) is 0 Å². The highest BCUT2D eigenvalue weighted by Crippen LogP contribution is 2.29. The van der Waals surface area contributed by atoms with Gasteiger partial charge in [0.25, 0.3) is 0 Å². The lowest BCUT2D eigenvalue weighted by Crippen LogP contribution is -2.30. The lowest BCUT2D eigenvalue weighted by atomic mass is 10.1. The van der Waals surface area contributed by atoms with Crippen LogP contribution in [0.4, 0.5) is 5.69 Å². The van der Waals surface area contributed by atoms with E-state index in [9.17, 15) is 0 Å². The maximum Gasteiger partial charge on any atom is 0.196 e. The third kappa shape index (κ3) is 6.49. The van der Waals surface area contributed by atoms with E-state index in [1.54, 1.807) is 14.2 Å². The van der Waals surface area contributed by atoms with Crippen molar-refractivity contribution in [2.75, 3.05) is 40.2 Å². The zero-order valence-corrected chi connectivity index (χ0v) is 16.9. The van der Waals surface area contributed by atoms with Gasteiger partial charge in [0, 0.05) is 24.8 Å². The van der Waals surface area contributed by atoms with Gasteiger partial charge in [0.05, 0.1) is 20.8 Å². The highest BCUT2D eigenvalue weighted by molar-refractivity contribution is 5.93. The molecule has 2 aromatic rings. The SMILES string of the molecule is CCNC(=NCc1cccc(CN(C)C)c1)Nc1ccc(OC)c(OC)c1. The van der Waals surface area contributed by atoms with Crippen LogP contribution in [0.3, 0.4) is 0 Å². The maximum absolute atomic E-state index is 5.36. The van der Waals surface area contributed by atoms with Crippen molar-refractivity contribution >= 4 is 11.6 Å². The number of anilines is 1. The molecule has 0 aliphatic rings. The number of hydrogen-bond acceptors (Lipinski definition) is 4. The van der Waals surface area contributed by atoms with Gasteiger partial charge in [0.15, 0.2) is 17.5 Å². The lowest BCUT2D eigenvalue weighted by molar-refractivity contribution is 0.355. The van der Waals surface area contributed by atoms with Gasteiger partial charge in [-0.15, -0.1) is 0 Å². The first-order valence-electron chi connectivity index (χ1n) is 9.05. The molecular formula is C21H30N4O2. The minimum Gasteiger partial charge on any atom is -0.493 e. The number of benzene rings is 2. The van der Waals surface area contributed by atoms with E-state index in [-0.39, 0.29) is 0 Å². The van der Waals surface area contributed by atoms with Crippen molar-refractivity contribution in [3.8, 4) is 11.5 Å². The maximum atomic E-state index is 5.36. The van der Waals surface area contributed by atoms with Gasteiger partial charge in [-0.05, 0) is 44.3 Å². The number of ether oxygens (including phenoxy) is 2. The van der Waals surface area contributed by atoms with Crippen LogP contribution in [0, 0.1) is 0 Å². The summed E-state index contributed by atoms with van der Waals surface area (Å²) in [6.07, 6.45) is 0. The van der Waals surface area contributed by atoms with Crippen molar-refractivity contribution in [1.82, 2.24) is 10.2 Å². The van der Waals surface area contributed by atoms with Gasteiger partial charge in [0.2, 0.25) is 0 Å². The number of guanidine groups is 1. The second-order valence-corrected chi connectivity index (χ2v) is 6.45. The number of hydrogen-bond donors (Lipinski definition) is 2. The molecule has 2 rings (SSSR count). The molecule has 0 aliphatic carbocycles. The van der Waals surface area contributed by atoms with Gasteiger partial charge in [0.1, 0.15) is 0 Å². The summed E-state index contributed by atoms with van der Waals surface area (Å²) in [7, 11) is 7.39. The van der Waals surface area contributed by atoms with E-state index in [0.717, 1.165) is 24.7 Å². The van der Waals surface area contributed by atoms with Gasteiger partial charge in [-0.2, -0.15) is 0 Å². The number of rotatable bonds is 8. The van der Waals surface area contributed by atoms with Gasteiger partial charge < -0.3 is 25.0 Å². The summed E-state index contributed by atoms with van der Waals surface area (Å²) in [5.74, 6) is 2.10. The molecule has 0 bridgehead atoms. The third-order valence-electron chi connectivity index (χ3n) is 3.90. The molecular weight excluding hydrogens is 340 g/mol. The summed E-state index contributed by atoms with van der Waals surface area (Å²) in [6, 6.07) is 14.2. The fourth-order valence-corrected chi connectivity index (χ4v) is 2.72. The Morgan fingerprint density at radius 2 is 1.74 bits per heavy atom. The highest BCUT2D eigenvalue weighted by atomic mass is 16.5. The Bertz CT molecular complexity index is 760. The average molecular weight is 370 g/mol. The van der Waals surface area contributed by atoms with Crippen LogP contribution in [-0.4, -0.2) is 45.7 Å². The van der Waals surface area contributed by atoms with Crippen LogP contribution in [0.25, 0.3) is 0 Å². The number of methoxy groups -OCH3 is 2. The molecule has 6 nitrogen and oxygen atoms in total. The van der Waals surface area contributed by atoms with Crippen molar-refractivity contribution in [2.45, 2.75) is 20.0 Å². The van der Waals surface area contributed by atoms with Crippen molar-refractivity contribution in [3.63, 3.8) is 0 Å². The molecule has 0 aromatic heterocycles. The molecule has 0 atom stereocenters. The first kappa shape index (κ1) is 20.6. The molecule has 0 heterocycles. The highest BCUT2D eigenvalue weighted by Gasteiger charge is 2.06. The summed E-state index contributed by atoms with van der Waals surface area (Å²) < 4.78 is 10.6. The largest absolute Gasteiger partial charge is 0.493 e. The molecule has 0 unspecified atom stereocenters. The molecule has 0 amide bonds. The van der Waals surface area contributed by atoms with E-state index in [0.29, 0.717) is 18.0 Å². The number of nitrogens with one attached hydrogen (secondary N) is 2. The minimum atomic E-state index is 0.601. The standard InChI is InChI=1S/C21H30N4O2/c1-6-22-21(24-18-10-11-19(26-4)20(13-18)27-5)23-14-16-8-7-9-17(12-16)15-25(2)3/h7-13H,6,14-15H2,1-5H3,(H2,22,23,24). The smallest absolute Gasteiger partial charge is 0.196 e. The Balaban J connectivity index is 2.12. The minimum absolute atomic E-state index is 0.601. The Kier molecular flexibility index (Phi) is 7.95. The molecule has 0 radical (unpaired) electrons. The molecule has 0 saturated carbocycles. The van der Waals surface area contributed by atoms with Crippen molar-refractivity contribution in [2.24, 2.45) is 4.99 Å². The molecule has 6 heteroatoms. The zero-order chi connectivity index (χ0) is 19.6. The fraction of sp³-hybridized carbons (Fsp3) is 0.381. The number of nitrogens with zero attached hydrogens (tertiary/aromatic N) is 2. The predicted molar refractivity (Wildman–Crippen MR) is 112 cm³/mol. The fourth-order valence-electron chi connectivity index (χ4n) is 2.72. The lowest BCUT2D eigenvalue weighted by Gasteiger charge is -2.14. The first-order valence-corrected chi connectivity index (χ1v) is 9.05. The van der Waals surface area contributed by atoms with E-state index < -0.39 is 0 Å². The van der Waals surface area contributed by atoms with E-state index in [2.05, 4.69) is 53.9 Å². The van der Waals surface area contributed by atoms with Gasteiger partial charge >= 0.3 is 0 Å². The van der Waals surface area contributed by atoms with Crippen LogP contribution in [0.1, 0.15) is 18.1 Å². The van der Waals surface area contributed by atoms with E-state index >= 15 is 0 Å². The normalized spacial score (nSPS) is 11.4. The second kappa shape index (κ2) is 10.4. The number of aliphatic imine (C=N–C) groups is 1. The third-order valence-corrected chi connectivity index (χ3v) is 3.90. The summed E-state index contributed by atoms with van der Waals surface area (Å²) in [5.41, 5.74) is 3.35. The zero-order valence-electron chi connectivity index (χ0n) is 16.9. The molecule has 0 aliphatic heterocycles. The van der Waals surface area contributed by atoms with Gasteiger partial charge in [-0.1, -0.05) is 24.3 Å². The van der Waals surface area contributed by atoms with E-state index in [1.807, 2.05) is 25.1 Å². The van der Waals surface area contributed by atoms with Crippen molar-refractivity contribution < 1.29 is 9.47 Å². The van der Waals surface area contributed by atoms with Crippen LogP contribution in [0.15, 0.2) is 47.5 Å². The summed E-state index contributed by atoms with van der Waals surface area (Å²) >= 11 is 0. The molecule has 27 heavy (non-hydrogen) atoms. The molecule has 146 valence electrons. The van der Waals surface area contributed by atoms with E-state index in [4.69, 9.17) is 14.5 Å². The Morgan fingerprint density at radius 3 is 2.41 bits per heavy atom. The monoisotopic (exact) mass is 370 g/mol. The molecule has 0 spiro atoms. The topological polar surface area (TPSA) is 58.1 Å². The Morgan fingerprint density at radius 1 is 1.00 bits per heavy atom. The summed E-state index contributed by atoms with van der Waals surface area (Å²) in [6.45, 7) is 4.34. The van der Waals surface area contributed by atoms with Crippen LogP contribution in [0.5, 0.6) is 11.5 Å². The second-order valence-electron chi connectivity index (χ2n) is 6.45. The predicted octanol–water partition coefficient (Wildman–Crippen LogP) is 3.34. The van der Waals surface area contributed by atoms with Gasteiger partial charge in [-0.3, -0.25) is 0 Å². The average Bonchev–Trinajstić information content (AvgIpc) is 2.66. The van der Waals surface area contributed by atoms with Crippen LogP contribution >= 0.6 is 0 Å². The molecule has 0 saturated heterocycles.